The number of ether oxygens (including phenoxy) is 1. The molecule has 2 aromatic rings. The minimum Gasteiger partial charge on any atom is -0.508 e. The summed E-state index contributed by atoms with van der Waals surface area (Å²) in [7, 11) is 0. The highest BCUT2D eigenvalue weighted by molar-refractivity contribution is 6.00. The number of aromatic hydroxyl groups is 1. The lowest BCUT2D eigenvalue weighted by Gasteiger charge is -2.29. The molecule has 8 heteroatoms. The van der Waals surface area contributed by atoms with Gasteiger partial charge in [-0.2, -0.15) is 0 Å². The van der Waals surface area contributed by atoms with Crippen LogP contribution >= 0.6 is 0 Å². The van der Waals surface area contributed by atoms with Gasteiger partial charge in [-0.05, 0) is 70.4 Å². The van der Waals surface area contributed by atoms with Crippen molar-refractivity contribution >= 4 is 23.6 Å². The Balaban J connectivity index is 2.39. The second kappa shape index (κ2) is 10.8. The van der Waals surface area contributed by atoms with Gasteiger partial charge in [-0.15, -0.1) is 0 Å². The van der Waals surface area contributed by atoms with Gasteiger partial charge < -0.3 is 20.5 Å². The molecule has 0 bridgehead atoms. The predicted molar refractivity (Wildman–Crippen MR) is 130 cm³/mol. The van der Waals surface area contributed by atoms with Gasteiger partial charge in [0, 0.05) is 11.7 Å². The lowest BCUT2D eigenvalue weighted by atomic mass is 10.0. The third-order valence-corrected chi connectivity index (χ3v) is 4.92. The first-order valence-corrected chi connectivity index (χ1v) is 10.8. The number of phenols is 1. The number of hydrogen-bond donors (Lipinski definition) is 3. The third-order valence-electron chi connectivity index (χ3n) is 4.92. The maximum Gasteiger partial charge on any atom is 0.408 e. The Kier molecular flexibility index (Phi) is 8.31. The smallest absolute Gasteiger partial charge is 0.408 e. The molecule has 2 aromatic carbocycles. The normalized spacial score (nSPS) is 12.6. The second-order valence-corrected chi connectivity index (χ2v) is 8.96. The Bertz CT molecular complexity index is 1080. The van der Waals surface area contributed by atoms with E-state index < -0.39 is 35.6 Å². The molecule has 0 aliphatic rings. The van der Waals surface area contributed by atoms with Crippen LogP contribution in [-0.4, -0.2) is 39.6 Å². The number of nitrogens with zero attached hydrogens (tertiary/aromatic N) is 1. The highest BCUT2D eigenvalue weighted by Crippen LogP contribution is 2.27. The molecule has 0 aliphatic heterocycles. The highest BCUT2D eigenvalue weighted by Gasteiger charge is 2.34. The predicted octanol–water partition coefficient (Wildman–Crippen LogP) is 4.02. The van der Waals surface area contributed by atoms with Crippen molar-refractivity contribution in [3.8, 4) is 18.2 Å². The van der Waals surface area contributed by atoms with Crippen LogP contribution in [0.3, 0.4) is 0 Å². The summed E-state index contributed by atoms with van der Waals surface area (Å²) < 4.78 is 5.20. The molecule has 8 nitrogen and oxygen atoms in total. The number of rotatable bonds is 6. The van der Waals surface area contributed by atoms with Crippen LogP contribution in [0.2, 0.25) is 0 Å². The summed E-state index contributed by atoms with van der Waals surface area (Å²) in [6, 6.07) is 11.4. The number of benzene rings is 2. The van der Waals surface area contributed by atoms with E-state index in [1.807, 2.05) is 32.0 Å². The Morgan fingerprint density at radius 3 is 2.12 bits per heavy atom. The highest BCUT2D eigenvalue weighted by atomic mass is 16.6. The Morgan fingerprint density at radius 1 is 1.06 bits per heavy atom. The summed E-state index contributed by atoms with van der Waals surface area (Å²) in [5, 5.41) is 15.0. The van der Waals surface area contributed by atoms with Crippen molar-refractivity contribution in [1.82, 2.24) is 10.2 Å². The first-order valence-electron chi connectivity index (χ1n) is 10.8. The van der Waals surface area contributed by atoms with E-state index in [0.717, 1.165) is 16.0 Å². The fourth-order valence-electron chi connectivity index (χ4n) is 3.30. The van der Waals surface area contributed by atoms with Crippen LogP contribution in [0.1, 0.15) is 50.4 Å². The van der Waals surface area contributed by atoms with Crippen molar-refractivity contribution in [3.05, 3.63) is 59.2 Å². The quantitative estimate of drug-likeness (QED) is 0.441. The standard InChI is InChI=1S/C26H31N3O5/c1-8-29(24(32)18(4)27-25(33)34-26(5,6)7)22(19-12-14-20(30)15-13-19)23(31)28-21-16(2)10-9-11-17(21)3/h1,9-15,18,22,30H,2-7H3,(H,27,33)(H,28,31). The molecule has 2 rings (SSSR count). The van der Waals surface area contributed by atoms with E-state index in [1.165, 1.54) is 31.2 Å². The molecule has 0 spiro atoms. The van der Waals surface area contributed by atoms with Crippen LogP contribution in [0, 0.1) is 26.3 Å². The van der Waals surface area contributed by atoms with Gasteiger partial charge in [0.25, 0.3) is 11.8 Å². The van der Waals surface area contributed by atoms with Crippen molar-refractivity contribution < 1.29 is 24.2 Å². The number of amides is 3. The van der Waals surface area contributed by atoms with Crippen LogP contribution in [0.4, 0.5) is 10.5 Å². The Morgan fingerprint density at radius 2 is 1.62 bits per heavy atom. The average molecular weight is 466 g/mol. The van der Waals surface area contributed by atoms with Crippen LogP contribution in [0.25, 0.3) is 0 Å². The fraction of sp³-hybridized carbons (Fsp3) is 0.346. The summed E-state index contributed by atoms with van der Waals surface area (Å²) >= 11 is 0. The van der Waals surface area contributed by atoms with E-state index in [0.29, 0.717) is 11.3 Å². The van der Waals surface area contributed by atoms with Crippen LogP contribution in [-0.2, 0) is 14.3 Å². The molecule has 0 radical (unpaired) electrons. The molecule has 0 saturated carbocycles. The SMILES string of the molecule is C#CN(C(=O)C(C)NC(=O)OC(C)(C)C)C(C(=O)Nc1c(C)cccc1C)c1ccc(O)cc1. The van der Waals surface area contributed by atoms with Gasteiger partial charge in [0.15, 0.2) is 0 Å². The Labute approximate surface area is 200 Å². The summed E-state index contributed by atoms with van der Waals surface area (Å²) in [6.07, 6.45) is 4.90. The number of carbonyl (C=O) groups excluding carboxylic acids is 3. The molecule has 0 aliphatic carbocycles. The van der Waals surface area contributed by atoms with E-state index >= 15 is 0 Å². The van der Waals surface area contributed by atoms with Gasteiger partial charge in [-0.3, -0.25) is 14.5 Å². The molecular weight excluding hydrogens is 434 g/mol. The number of alkyl carbamates (subject to hydrolysis) is 1. The zero-order valence-electron chi connectivity index (χ0n) is 20.3. The monoisotopic (exact) mass is 465 g/mol. The van der Waals surface area contributed by atoms with Gasteiger partial charge in [0.05, 0.1) is 0 Å². The number of anilines is 1. The number of carbonyl (C=O) groups is 3. The zero-order valence-corrected chi connectivity index (χ0v) is 20.3. The largest absolute Gasteiger partial charge is 0.508 e. The molecule has 34 heavy (non-hydrogen) atoms. The number of hydrogen-bond acceptors (Lipinski definition) is 5. The van der Waals surface area contributed by atoms with E-state index in [1.54, 1.807) is 20.8 Å². The zero-order chi connectivity index (χ0) is 25.6. The van der Waals surface area contributed by atoms with Crippen molar-refractivity contribution in [3.63, 3.8) is 0 Å². The molecule has 2 atom stereocenters. The Hall–Kier alpha value is -3.99. The number of nitrogens with one attached hydrogen (secondary N) is 2. The molecule has 0 fully saturated rings. The minimum absolute atomic E-state index is 0.00352. The first-order chi connectivity index (χ1) is 15.8. The first kappa shape index (κ1) is 26.3. The number of aryl methyl sites for hydroxylation is 2. The molecule has 3 N–H and O–H groups in total. The number of terminal acetylenes is 1. The van der Waals surface area contributed by atoms with E-state index in [9.17, 15) is 19.5 Å². The molecule has 0 aromatic heterocycles. The summed E-state index contributed by atoms with van der Waals surface area (Å²) in [6.45, 7) is 10.3. The lowest BCUT2D eigenvalue weighted by molar-refractivity contribution is -0.136. The number of para-hydroxylation sites is 1. The second-order valence-electron chi connectivity index (χ2n) is 8.96. The van der Waals surface area contributed by atoms with E-state index in [-0.39, 0.29) is 5.75 Å². The van der Waals surface area contributed by atoms with Gasteiger partial charge in [0.2, 0.25) is 0 Å². The maximum absolute atomic E-state index is 13.5. The number of phenolic OH excluding ortho intramolecular Hbond substituents is 1. The molecule has 3 amide bonds. The van der Waals surface area contributed by atoms with E-state index in [4.69, 9.17) is 11.2 Å². The van der Waals surface area contributed by atoms with Gasteiger partial charge in [0.1, 0.15) is 23.4 Å². The topological polar surface area (TPSA) is 108 Å². The van der Waals surface area contributed by atoms with Crippen LogP contribution in [0.15, 0.2) is 42.5 Å². The van der Waals surface area contributed by atoms with Crippen LogP contribution < -0.4 is 10.6 Å². The van der Waals surface area contributed by atoms with Gasteiger partial charge >= 0.3 is 6.09 Å². The van der Waals surface area contributed by atoms with Crippen LogP contribution in [0.5, 0.6) is 5.75 Å². The van der Waals surface area contributed by atoms with Crippen molar-refractivity contribution in [1.29, 1.82) is 0 Å². The van der Waals surface area contributed by atoms with Crippen molar-refractivity contribution in [2.24, 2.45) is 0 Å². The van der Waals surface area contributed by atoms with E-state index in [2.05, 4.69) is 16.7 Å². The third kappa shape index (κ3) is 6.75. The molecular formula is C26H31N3O5. The maximum atomic E-state index is 13.5. The van der Waals surface area contributed by atoms with Gasteiger partial charge in [-0.1, -0.05) is 36.8 Å². The molecule has 0 heterocycles. The van der Waals surface area contributed by atoms with Crippen molar-refractivity contribution in [2.45, 2.75) is 59.2 Å². The summed E-state index contributed by atoms with van der Waals surface area (Å²) in [4.78, 5) is 39.8. The molecule has 180 valence electrons. The lowest BCUT2D eigenvalue weighted by Crippen LogP contribution is -2.49. The summed E-state index contributed by atoms with van der Waals surface area (Å²) in [5.74, 6) is -1.22. The molecule has 2 unspecified atom stereocenters. The summed E-state index contributed by atoms with van der Waals surface area (Å²) in [5.41, 5.74) is 1.93. The van der Waals surface area contributed by atoms with Crippen molar-refractivity contribution in [2.75, 3.05) is 5.32 Å². The minimum atomic E-state index is -1.22. The molecule has 0 saturated heterocycles. The van der Waals surface area contributed by atoms with Gasteiger partial charge in [-0.25, -0.2) is 4.79 Å². The fourth-order valence-corrected chi connectivity index (χ4v) is 3.30. The average Bonchev–Trinajstić information content (AvgIpc) is 2.73.